The minimum atomic E-state index is -1.52. The number of ketones is 1. The van der Waals surface area contributed by atoms with Crippen molar-refractivity contribution in [2.24, 2.45) is 16.8 Å². The molecule has 0 bridgehead atoms. The van der Waals surface area contributed by atoms with Crippen LogP contribution in [0.4, 0.5) is 5.69 Å². The summed E-state index contributed by atoms with van der Waals surface area (Å²) in [5.41, 5.74) is 0.463. The van der Waals surface area contributed by atoms with E-state index in [4.69, 9.17) is 0 Å². The van der Waals surface area contributed by atoms with E-state index >= 15 is 0 Å². The van der Waals surface area contributed by atoms with Crippen LogP contribution in [0.25, 0.3) is 5.76 Å². The molecule has 2 N–H and O–H groups in total. The quantitative estimate of drug-likeness (QED) is 0.755. The van der Waals surface area contributed by atoms with Gasteiger partial charge in [0, 0.05) is 11.1 Å². The minimum absolute atomic E-state index is 0.150. The Hall–Kier alpha value is -4.07. The molecule has 3 atom stereocenters. The molecule has 0 aromatic heterocycles. The number of hydrogen-bond donors (Lipinski definition) is 2. The van der Waals surface area contributed by atoms with Crippen molar-refractivity contribution in [3.63, 3.8) is 0 Å². The number of allylic oxidation sites excluding steroid dienone is 1. The summed E-state index contributed by atoms with van der Waals surface area (Å²) in [5, 5.41) is 20.3. The van der Waals surface area contributed by atoms with Crippen molar-refractivity contribution < 1.29 is 29.4 Å². The van der Waals surface area contributed by atoms with Crippen molar-refractivity contribution in [2.45, 2.75) is 6.04 Å². The van der Waals surface area contributed by atoms with Gasteiger partial charge in [-0.25, -0.2) is 9.69 Å². The van der Waals surface area contributed by atoms with Gasteiger partial charge in [0.2, 0.25) is 11.8 Å². The molecule has 8 heteroatoms. The summed E-state index contributed by atoms with van der Waals surface area (Å²) in [5.74, 6) is -6.17. The molecule has 3 aliphatic rings. The molecule has 0 unspecified atom stereocenters. The Balaban J connectivity index is 1.65. The third kappa shape index (κ3) is 2.24. The first kappa shape index (κ1) is 18.0. The number of aliphatic hydroxyl groups excluding tert-OH is 1. The topological polar surface area (TPSA) is 124 Å². The number of carbonyl (C=O) groups is 4. The zero-order chi connectivity index (χ0) is 21.2. The van der Waals surface area contributed by atoms with E-state index in [1.807, 2.05) is 0 Å². The number of aliphatic carboxylic acids is 1. The summed E-state index contributed by atoms with van der Waals surface area (Å²) in [6.45, 7) is 0. The van der Waals surface area contributed by atoms with E-state index in [1.54, 1.807) is 48.5 Å². The summed E-state index contributed by atoms with van der Waals surface area (Å²) < 4.78 is 0. The van der Waals surface area contributed by atoms with Gasteiger partial charge < -0.3 is 10.2 Å². The molecule has 0 saturated carbocycles. The third-order valence-corrected chi connectivity index (χ3v) is 5.68. The minimum Gasteiger partial charge on any atom is -0.506 e. The molecule has 2 heterocycles. The van der Waals surface area contributed by atoms with Crippen molar-refractivity contribution in [3.8, 4) is 0 Å². The van der Waals surface area contributed by atoms with Gasteiger partial charge in [0.25, 0.3) is 0 Å². The molecule has 2 aromatic rings. The first-order valence-electron chi connectivity index (χ1n) is 9.23. The van der Waals surface area contributed by atoms with Gasteiger partial charge in [-0.2, -0.15) is 0 Å². The second-order valence-electron chi connectivity index (χ2n) is 7.25. The number of carbonyl (C=O) groups excluding carboxylic acids is 3. The normalized spacial score (nSPS) is 24.9. The van der Waals surface area contributed by atoms with Crippen LogP contribution in [-0.2, 0) is 14.4 Å². The molecule has 8 nitrogen and oxygen atoms in total. The van der Waals surface area contributed by atoms with E-state index in [1.165, 1.54) is 6.07 Å². The number of nitrogens with zero attached hydrogens (tertiary/aromatic N) is 2. The standard InChI is InChI=1S/C22H14N2O6/c25-18-11-8-4-5-9-12(11)19(26)15(18)16-13-14(17(23-16)22(29)30)21(28)24(20(13)27)10-6-2-1-3-7-10/h1-9,13-14,17,25H,(H,29,30)/t13-,14-,17-/m1/s1. The van der Waals surface area contributed by atoms with Crippen LogP contribution >= 0.6 is 0 Å². The van der Waals surface area contributed by atoms with Crippen LogP contribution in [0.5, 0.6) is 0 Å². The lowest BCUT2D eigenvalue weighted by atomic mass is 9.85. The first-order valence-corrected chi connectivity index (χ1v) is 9.23. The number of rotatable bonds is 3. The summed E-state index contributed by atoms with van der Waals surface area (Å²) in [7, 11) is 0. The maximum Gasteiger partial charge on any atom is 0.329 e. The lowest BCUT2D eigenvalue weighted by Crippen LogP contribution is -2.35. The van der Waals surface area contributed by atoms with Crippen LogP contribution in [0.1, 0.15) is 15.9 Å². The van der Waals surface area contributed by atoms with Crippen LogP contribution in [0, 0.1) is 11.8 Å². The maximum absolute atomic E-state index is 13.2. The van der Waals surface area contributed by atoms with Crippen LogP contribution in [0.2, 0.25) is 0 Å². The fourth-order valence-electron chi connectivity index (χ4n) is 4.37. The van der Waals surface area contributed by atoms with Crippen LogP contribution in [0.15, 0.2) is 65.2 Å². The van der Waals surface area contributed by atoms with E-state index in [0.29, 0.717) is 5.69 Å². The average Bonchev–Trinajstić information content (AvgIpc) is 3.33. The maximum atomic E-state index is 13.2. The highest BCUT2D eigenvalue weighted by Gasteiger charge is 2.60. The first-order chi connectivity index (χ1) is 14.4. The zero-order valence-corrected chi connectivity index (χ0v) is 15.4. The van der Waals surface area contributed by atoms with Crippen molar-refractivity contribution in [1.29, 1.82) is 0 Å². The third-order valence-electron chi connectivity index (χ3n) is 5.68. The Labute approximate surface area is 169 Å². The van der Waals surface area contributed by atoms with Crippen molar-refractivity contribution in [3.05, 3.63) is 71.3 Å². The van der Waals surface area contributed by atoms with Gasteiger partial charge in [-0.05, 0) is 12.1 Å². The van der Waals surface area contributed by atoms with E-state index < -0.39 is 41.4 Å². The van der Waals surface area contributed by atoms with E-state index in [2.05, 4.69) is 4.99 Å². The number of benzene rings is 2. The zero-order valence-electron chi connectivity index (χ0n) is 15.4. The van der Waals surface area contributed by atoms with E-state index in [9.17, 15) is 29.4 Å². The number of imide groups is 1. The largest absolute Gasteiger partial charge is 0.506 e. The molecule has 2 aromatic carbocycles. The number of aliphatic hydroxyl groups is 1. The fourth-order valence-corrected chi connectivity index (χ4v) is 4.37. The SMILES string of the molecule is O=C1C(C2=N[C@@H](C(=O)O)[C@@H]3C(=O)N(c4ccccc4)C(=O)[C@@H]23)=C(O)c2ccccc21. The molecule has 1 fully saturated rings. The molecule has 1 aliphatic carbocycles. The van der Waals surface area contributed by atoms with E-state index in [-0.39, 0.29) is 28.2 Å². The number of amides is 2. The van der Waals surface area contributed by atoms with Crippen molar-refractivity contribution >= 4 is 40.7 Å². The van der Waals surface area contributed by atoms with Gasteiger partial charge in [0.05, 0.1) is 28.8 Å². The Kier molecular flexibility index (Phi) is 3.73. The lowest BCUT2D eigenvalue weighted by Gasteiger charge is -2.16. The van der Waals surface area contributed by atoms with Gasteiger partial charge in [0.1, 0.15) is 5.76 Å². The molecule has 148 valence electrons. The predicted octanol–water partition coefficient (Wildman–Crippen LogP) is 1.87. The lowest BCUT2D eigenvalue weighted by molar-refractivity contribution is -0.141. The highest BCUT2D eigenvalue weighted by molar-refractivity contribution is 6.42. The highest BCUT2D eigenvalue weighted by atomic mass is 16.4. The molecule has 5 rings (SSSR count). The van der Waals surface area contributed by atoms with Crippen LogP contribution in [0.3, 0.4) is 0 Å². The smallest absolute Gasteiger partial charge is 0.329 e. The fraction of sp³-hybridized carbons (Fsp3) is 0.136. The number of carboxylic acid groups (broad SMARTS) is 1. The second-order valence-corrected chi connectivity index (χ2v) is 7.25. The molecule has 0 radical (unpaired) electrons. The van der Waals surface area contributed by atoms with Crippen molar-refractivity contribution in [2.75, 3.05) is 4.90 Å². The molecule has 1 saturated heterocycles. The van der Waals surface area contributed by atoms with Gasteiger partial charge in [-0.1, -0.05) is 42.5 Å². The average molecular weight is 402 g/mol. The van der Waals surface area contributed by atoms with Gasteiger partial charge in [-0.15, -0.1) is 0 Å². The monoisotopic (exact) mass is 402 g/mol. The Morgan fingerprint density at radius 3 is 2.17 bits per heavy atom. The van der Waals surface area contributed by atoms with Crippen molar-refractivity contribution in [1.82, 2.24) is 0 Å². The Morgan fingerprint density at radius 2 is 1.53 bits per heavy atom. The molecule has 2 aliphatic heterocycles. The number of hydrogen-bond acceptors (Lipinski definition) is 6. The highest BCUT2D eigenvalue weighted by Crippen LogP contribution is 2.44. The molecular formula is C22H14N2O6. The predicted molar refractivity (Wildman–Crippen MR) is 105 cm³/mol. The number of Topliss-reactive ketones (excluding diaryl/α,β-unsaturated/α-hetero) is 1. The van der Waals surface area contributed by atoms with Crippen LogP contribution in [-0.4, -0.2) is 45.5 Å². The number of para-hydroxylation sites is 1. The van der Waals surface area contributed by atoms with Gasteiger partial charge in [-0.3, -0.25) is 19.4 Å². The summed E-state index contributed by atoms with van der Waals surface area (Å²) in [4.78, 5) is 56.1. The molecular weight excluding hydrogens is 388 g/mol. The number of carboxylic acids is 1. The molecule has 0 spiro atoms. The van der Waals surface area contributed by atoms with E-state index in [0.717, 1.165) is 4.90 Å². The van der Waals surface area contributed by atoms with Crippen LogP contribution < -0.4 is 4.90 Å². The summed E-state index contributed by atoms with van der Waals surface area (Å²) in [6.07, 6.45) is 0. The summed E-state index contributed by atoms with van der Waals surface area (Å²) >= 11 is 0. The number of fused-ring (bicyclic) bond motifs is 2. The number of aliphatic imine (C=N–C) groups is 1. The summed E-state index contributed by atoms with van der Waals surface area (Å²) in [6, 6.07) is 13.0. The Bertz CT molecular complexity index is 1210. The van der Waals surface area contributed by atoms with Gasteiger partial charge in [0.15, 0.2) is 11.8 Å². The Morgan fingerprint density at radius 1 is 0.900 bits per heavy atom. The van der Waals surface area contributed by atoms with Gasteiger partial charge >= 0.3 is 5.97 Å². The second kappa shape index (κ2) is 6.21. The number of anilines is 1. The molecule has 2 amide bonds. The molecule has 30 heavy (non-hydrogen) atoms.